The first kappa shape index (κ1) is 19.7. The lowest BCUT2D eigenvalue weighted by atomic mass is 9.92. The number of benzene rings is 2. The Morgan fingerprint density at radius 2 is 1.64 bits per heavy atom. The second kappa shape index (κ2) is 9.15. The Hall–Kier alpha value is -1.66. The van der Waals surface area contributed by atoms with E-state index in [0.717, 1.165) is 53.4 Å². The molecule has 0 aliphatic heterocycles. The molecule has 0 aromatic heterocycles. The van der Waals surface area contributed by atoms with Crippen LogP contribution in [-0.2, 0) is 0 Å². The number of unbranched alkanes of at least 4 members (excludes halogenated alkanes) is 2. The minimum Gasteiger partial charge on any atom is -0.482 e. The van der Waals surface area contributed by atoms with Crippen LogP contribution in [0.3, 0.4) is 0 Å². The van der Waals surface area contributed by atoms with Gasteiger partial charge in [-0.15, -0.1) is 9.24 Å². The van der Waals surface area contributed by atoms with E-state index >= 15 is 0 Å². The Morgan fingerprint density at radius 3 is 2.20 bits per heavy atom. The van der Waals surface area contributed by atoms with Crippen molar-refractivity contribution in [3.8, 4) is 5.75 Å². The van der Waals surface area contributed by atoms with E-state index in [0.29, 0.717) is 0 Å². The van der Waals surface area contributed by atoms with Crippen LogP contribution < -0.4 is 10.0 Å². The minimum atomic E-state index is -0.429. The summed E-state index contributed by atoms with van der Waals surface area (Å²) in [5.41, 5.74) is 4.07. The number of aryl methyl sites for hydroxylation is 3. The van der Waals surface area contributed by atoms with Crippen LogP contribution in [0.2, 0.25) is 0 Å². The molecule has 0 N–H and O–H groups in total. The molecule has 25 heavy (non-hydrogen) atoms. The highest BCUT2D eigenvalue weighted by atomic mass is 31.0. The van der Waals surface area contributed by atoms with Crippen molar-refractivity contribution in [3.63, 3.8) is 0 Å². The van der Waals surface area contributed by atoms with E-state index in [1.54, 1.807) is 0 Å². The highest BCUT2D eigenvalue weighted by Crippen LogP contribution is 2.23. The summed E-state index contributed by atoms with van der Waals surface area (Å²) in [6.45, 7) is 8.26. The van der Waals surface area contributed by atoms with Crippen LogP contribution >= 0.6 is 9.24 Å². The largest absolute Gasteiger partial charge is 0.482 e. The molecule has 0 aliphatic carbocycles. The highest BCUT2D eigenvalue weighted by molar-refractivity contribution is 7.27. The molecular weight excluding hydrogens is 327 g/mol. The summed E-state index contributed by atoms with van der Waals surface area (Å²) in [6, 6.07) is 12.0. The average molecular weight is 356 g/mol. The number of carbonyl (C=O) groups excluding carboxylic acids is 1. The summed E-state index contributed by atoms with van der Waals surface area (Å²) in [5.74, 6) is 0.851. The van der Waals surface area contributed by atoms with Crippen molar-refractivity contribution in [2.24, 2.45) is 0 Å². The van der Waals surface area contributed by atoms with E-state index in [4.69, 9.17) is 4.74 Å². The van der Waals surface area contributed by atoms with E-state index in [2.05, 4.69) is 35.2 Å². The first-order valence-electron chi connectivity index (χ1n) is 9.06. The second-order valence-corrected chi connectivity index (χ2v) is 7.48. The molecular formula is C22H29O2P. The van der Waals surface area contributed by atoms with Crippen LogP contribution in [0.15, 0.2) is 36.4 Å². The zero-order valence-electron chi connectivity index (χ0n) is 15.8. The quantitative estimate of drug-likeness (QED) is 0.363. The maximum atomic E-state index is 13.2. The third-order valence-electron chi connectivity index (χ3n) is 4.44. The lowest BCUT2D eigenvalue weighted by molar-refractivity contribution is 0.0773. The first-order valence-corrected chi connectivity index (χ1v) is 9.64. The minimum absolute atomic E-state index is 0.0982. The fraction of sp³-hybridized carbons (Fsp3) is 0.409. The van der Waals surface area contributed by atoms with E-state index in [1.165, 1.54) is 5.56 Å². The Balaban J connectivity index is 2.27. The van der Waals surface area contributed by atoms with Gasteiger partial charge in [0.05, 0.1) is 0 Å². The molecule has 0 amide bonds. The highest BCUT2D eigenvalue weighted by Gasteiger charge is 2.24. The van der Waals surface area contributed by atoms with Crippen molar-refractivity contribution in [1.82, 2.24) is 0 Å². The molecule has 2 aromatic carbocycles. The molecule has 0 fully saturated rings. The maximum absolute atomic E-state index is 13.2. The van der Waals surface area contributed by atoms with Crippen LogP contribution in [0.1, 0.15) is 59.7 Å². The van der Waals surface area contributed by atoms with E-state index in [1.807, 2.05) is 38.1 Å². The first-order chi connectivity index (χ1) is 11.9. The molecule has 2 atom stereocenters. The molecule has 0 bridgehead atoms. The van der Waals surface area contributed by atoms with Gasteiger partial charge in [0.1, 0.15) is 5.75 Å². The molecule has 0 saturated heterocycles. The molecule has 134 valence electrons. The van der Waals surface area contributed by atoms with Gasteiger partial charge in [-0.1, -0.05) is 49.6 Å². The van der Waals surface area contributed by atoms with Crippen LogP contribution in [0.5, 0.6) is 5.75 Å². The molecule has 2 nitrogen and oxygen atoms in total. The number of hydrogen-bond acceptors (Lipinski definition) is 2. The number of ether oxygens (including phenoxy) is 1. The van der Waals surface area contributed by atoms with E-state index < -0.39 is 6.10 Å². The lowest BCUT2D eigenvalue weighted by Gasteiger charge is -2.20. The fourth-order valence-corrected chi connectivity index (χ4v) is 3.46. The monoisotopic (exact) mass is 356 g/mol. The normalized spacial score (nSPS) is 12.0. The summed E-state index contributed by atoms with van der Waals surface area (Å²) in [6.07, 6.45) is 3.57. The molecule has 0 spiro atoms. The molecule has 2 rings (SSSR count). The van der Waals surface area contributed by atoms with Crippen molar-refractivity contribution in [1.29, 1.82) is 0 Å². The predicted molar refractivity (Wildman–Crippen MR) is 109 cm³/mol. The number of ketones is 1. The molecule has 0 radical (unpaired) electrons. The fourth-order valence-electron chi connectivity index (χ4n) is 3.26. The van der Waals surface area contributed by atoms with Gasteiger partial charge in [0.25, 0.3) is 0 Å². The van der Waals surface area contributed by atoms with Crippen molar-refractivity contribution in [3.05, 3.63) is 58.7 Å². The van der Waals surface area contributed by atoms with Crippen molar-refractivity contribution in [2.75, 3.05) is 0 Å². The van der Waals surface area contributed by atoms with Crippen molar-refractivity contribution >= 4 is 20.3 Å². The van der Waals surface area contributed by atoms with Gasteiger partial charge in [-0.25, -0.2) is 0 Å². The summed E-state index contributed by atoms with van der Waals surface area (Å²) in [7, 11) is 2.66. The molecule has 2 aromatic rings. The number of carbonyl (C=O) groups is 1. The molecule has 0 aliphatic rings. The van der Waals surface area contributed by atoms with Crippen LogP contribution in [0, 0.1) is 20.8 Å². The van der Waals surface area contributed by atoms with Gasteiger partial charge in [-0.05, 0) is 62.2 Å². The lowest BCUT2D eigenvalue weighted by Crippen LogP contribution is -2.29. The second-order valence-electron chi connectivity index (χ2n) is 6.81. The smallest absolute Gasteiger partial charge is 0.203 e. The van der Waals surface area contributed by atoms with Crippen LogP contribution in [-0.4, -0.2) is 11.9 Å². The standard InChI is InChI=1S/C22H29O2P/c1-5-6-7-8-20(24-18-9-11-19(25)12-10-18)22(23)21-16(3)13-15(2)14-17(21)4/h9-14,20H,5-8,25H2,1-4H3. The average Bonchev–Trinajstić information content (AvgIpc) is 2.55. The van der Waals surface area contributed by atoms with Gasteiger partial charge in [0.2, 0.25) is 5.78 Å². The molecule has 3 heteroatoms. The number of rotatable bonds is 8. The maximum Gasteiger partial charge on any atom is 0.203 e. The third kappa shape index (κ3) is 5.41. The zero-order valence-corrected chi connectivity index (χ0v) is 16.9. The van der Waals surface area contributed by atoms with Gasteiger partial charge < -0.3 is 4.74 Å². The topological polar surface area (TPSA) is 26.3 Å². The van der Waals surface area contributed by atoms with Gasteiger partial charge in [0, 0.05) is 5.56 Å². The summed E-state index contributed by atoms with van der Waals surface area (Å²) in [5, 5.41) is 1.10. The summed E-state index contributed by atoms with van der Waals surface area (Å²) in [4.78, 5) is 13.2. The Kier molecular flexibility index (Phi) is 7.20. The van der Waals surface area contributed by atoms with Gasteiger partial charge >= 0.3 is 0 Å². The molecule has 0 saturated carbocycles. The van der Waals surface area contributed by atoms with E-state index in [-0.39, 0.29) is 5.78 Å². The SMILES string of the molecule is CCCCCC(Oc1ccc(P)cc1)C(=O)c1c(C)cc(C)cc1C. The van der Waals surface area contributed by atoms with Crippen LogP contribution in [0.4, 0.5) is 0 Å². The Labute approximate surface area is 154 Å². The van der Waals surface area contributed by atoms with Crippen molar-refractivity contribution in [2.45, 2.75) is 59.5 Å². The third-order valence-corrected chi connectivity index (χ3v) is 4.83. The molecule has 0 heterocycles. The predicted octanol–water partition coefficient (Wildman–Crippen LogP) is 5.32. The Bertz CT molecular complexity index is 696. The Morgan fingerprint density at radius 1 is 1.04 bits per heavy atom. The zero-order chi connectivity index (χ0) is 18.4. The van der Waals surface area contributed by atoms with Gasteiger partial charge in [0.15, 0.2) is 6.10 Å². The van der Waals surface area contributed by atoms with Crippen molar-refractivity contribution < 1.29 is 9.53 Å². The van der Waals surface area contributed by atoms with Gasteiger partial charge in [-0.2, -0.15) is 0 Å². The summed E-state index contributed by atoms with van der Waals surface area (Å²) >= 11 is 0. The van der Waals surface area contributed by atoms with Crippen LogP contribution in [0.25, 0.3) is 0 Å². The van der Waals surface area contributed by atoms with E-state index in [9.17, 15) is 4.79 Å². The summed E-state index contributed by atoms with van der Waals surface area (Å²) < 4.78 is 6.11. The number of Topliss-reactive ketones (excluding diaryl/α,β-unsaturated/α-hetero) is 1. The number of hydrogen-bond donors (Lipinski definition) is 0. The molecule has 2 unspecified atom stereocenters. The van der Waals surface area contributed by atoms with Gasteiger partial charge in [-0.3, -0.25) is 4.79 Å².